The van der Waals surface area contributed by atoms with Gasteiger partial charge in [0.1, 0.15) is 0 Å². The quantitative estimate of drug-likeness (QED) is 0.506. The molecular formula is C16H12ClN3O2S. The number of thiazole rings is 1. The van der Waals surface area contributed by atoms with Crippen LogP contribution in [0.3, 0.4) is 0 Å². The summed E-state index contributed by atoms with van der Waals surface area (Å²) < 4.78 is 0. The van der Waals surface area contributed by atoms with E-state index in [1.54, 1.807) is 12.1 Å². The van der Waals surface area contributed by atoms with Gasteiger partial charge in [-0.3, -0.25) is 10.1 Å². The number of nitrogens with zero attached hydrogens (tertiary/aromatic N) is 2. The van der Waals surface area contributed by atoms with Crippen LogP contribution in [0.1, 0.15) is 5.56 Å². The van der Waals surface area contributed by atoms with E-state index in [4.69, 9.17) is 11.6 Å². The van der Waals surface area contributed by atoms with Gasteiger partial charge in [-0.25, -0.2) is 4.98 Å². The first kappa shape index (κ1) is 15.5. The lowest BCUT2D eigenvalue weighted by Crippen LogP contribution is -1.92. The van der Waals surface area contributed by atoms with Crippen molar-refractivity contribution in [2.45, 2.75) is 6.92 Å². The molecule has 23 heavy (non-hydrogen) atoms. The number of nitro benzene ring substituents is 1. The van der Waals surface area contributed by atoms with E-state index in [-0.39, 0.29) is 5.69 Å². The average molecular weight is 346 g/mol. The summed E-state index contributed by atoms with van der Waals surface area (Å²) in [5, 5.41) is 17.2. The number of aromatic nitrogens is 1. The van der Waals surface area contributed by atoms with Crippen molar-refractivity contribution in [2.75, 3.05) is 5.32 Å². The third-order valence-corrected chi connectivity index (χ3v) is 4.45. The SMILES string of the molecule is Cc1cc(-c2csc(Nc3cccc([N+](=O)[O-])c3)n2)ccc1Cl. The van der Waals surface area contributed by atoms with Crippen molar-refractivity contribution in [2.24, 2.45) is 0 Å². The molecule has 0 spiro atoms. The number of aryl methyl sites for hydroxylation is 1. The first-order valence-electron chi connectivity index (χ1n) is 6.76. The highest BCUT2D eigenvalue weighted by molar-refractivity contribution is 7.14. The van der Waals surface area contributed by atoms with Gasteiger partial charge >= 0.3 is 0 Å². The van der Waals surface area contributed by atoms with Gasteiger partial charge in [-0.2, -0.15) is 0 Å². The molecule has 0 atom stereocenters. The Bertz CT molecular complexity index is 879. The molecule has 3 aromatic rings. The number of nitrogens with one attached hydrogen (secondary N) is 1. The Morgan fingerprint density at radius 3 is 2.83 bits per heavy atom. The van der Waals surface area contributed by atoms with E-state index in [2.05, 4.69) is 10.3 Å². The molecule has 2 aromatic carbocycles. The van der Waals surface area contributed by atoms with Gasteiger partial charge in [0.15, 0.2) is 5.13 Å². The van der Waals surface area contributed by atoms with Crippen molar-refractivity contribution in [3.05, 3.63) is 68.5 Å². The first-order chi connectivity index (χ1) is 11.0. The Labute approximate surface area is 141 Å². The zero-order valence-corrected chi connectivity index (χ0v) is 13.7. The molecule has 0 bridgehead atoms. The summed E-state index contributed by atoms with van der Waals surface area (Å²) in [7, 11) is 0. The third kappa shape index (κ3) is 3.49. The lowest BCUT2D eigenvalue weighted by atomic mass is 10.1. The maximum absolute atomic E-state index is 10.8. The fourth-order valence-corrected chi connectivity index (χ4v) is 2.95. The number of benzene rings is 2. The predicted molar refractivity (Wildman–Crippen MR) is 93.7 cm³/mol. The fourth-order valence-electron chi connectivity index (χ4n) is 2.09. The van der Waals surface area contributed by atoms with Crippen molar-refractivity contribution in [3.63, 3.8) is 0 Å². The third-order valence-electron chi connectivity index (χ3n) is 3.27. The van der Waals surface area contributed by atoms with Gasteiger partial charge in [-0.15, -0.1) is 11.3 Å². The lowest BCUT2D eigenvalue weighted by Gasteiger charge is -2.03. The second kappa shape index (κ2) is 6.36. The van der Waals surface area contributed by atoms with Crippen LogP contribution < -0.4 is 5.32 Å². The van der Waals surface area contributed by atoms with Crippen LogP contribution in [0.2, 0.25) is 5.02 Å². The normalized spacial score (nSPS) is 10.5. The van der Waals surface area contributed by atoms with E-state index in [1.165, 1.54) is 23.5 Å². The summed E-state index contributed by atoms with van der Waals surface area (Å²) in [6, 6.07) is 12.1. The van der Waals surface area contributed by atoms with Crippen molar-refractivity contribution in [1.82, 2.24) is 4.98 Å². The van der Waals surface area contributed by atoms with Gasteiger partial charge in [0.05, 0.1) is 10.6 Å². The molecule has 7 heteroatoms. The molecule has 0 fully saturated rings. The number of rotatable bonds is 4. The molecule has 1 heterocycles. The Hall–Kier alpha value is -2.44. The van der Waals surface area contributed by atoms with Gasteiger partial charge in [0, 0.05) is 33.8 Å². The van der Waals surface area contributed by atoms with Crippen molar-refractivity contribution >= 4 is 39.4 Å². The molecule has 3 rings (SSSR count). The summed E-state index contributed by atoms with van der Waals surface area (Å²) in [6.45, 7) is 1.94. The first-order valence-corrected chi connectivity index (χ1v) is 8.02. The standard InChI is InChI=1S/C16H12ClN3O2S/c1-10-7-11(5-6-14(10)17)15-9-23-16(19-15)18-12-3-2-4-13(8-12)20(21)22/h2-9H,1H3,(H,18,19). The molecule has 0 radical (unpaired) electrons. The summed E-state index contributed by atoms with van der Waals surface area (Å²) in [5.74, 6) is 0. The van der Waals surface area contributed by atoms with Gasteiger partial charge < -0.3 is 5.32 Å². The molecule has 1 aromatic heterocycles. The van der Waals surface area contributed by atoms with Crippen LogP contribution in [0.25, 0.3) is 11.3 Å². The molecule has 0 aliphatic rings. The molecule has 0 amide bonds. The molecule has 0 saturated heterocycles. The second-order valence-electron chi connectivity index (χ2n) is 4.93. The Balaban J connectivity index is 1.83. The number of hydrogen-bond acceptors (Lipinski definition) is 5. The zero-order chi connectivity index (χ0) is 16.4. The largest absolute Gasteiger partial charge is 0.331 e. The van der Waals surface area contributed by atoms with Crippen molar-refractivity contribution < 1.29 is 4.92 Å². The van der Waals surface area contributed by atoms with E-state index < -0.39 is 4.92 Å². The van der Waals surface area contributed by atoms with E-state index in [0.717, 1.165) is 21.8 Å². The average Bonchev–Trinajstić information content (AvgIpc) is 2.99. The number of anilines is 2. The van der Waals surface area contributed by atoms with Crippen LogP contribution in [-0.4, -0.2) is 9.91 Å². The molecule has 1 N–H and O–H groups in total. The minimum Gasteiger partial charge on any atom is -0.331 e. The lowest BCUT2D eigenvalue weighted by molar-refractivity contribution is -0.384. The highest BCUT2D eigenvalue weighted by atomic mass is 35.5. The van der Waals surface area contributed by atoms with Gasteiger partial charge in [0.25, 0.3) is 5.69 Å². The topological polar surface area (TPSA) is 68.1 Å². The summed E-state index contributed by atoms with van der Waals surface area (Å²) >= 11 is 7.47. The Morgan fingerprint density at radius 2 is 2.09 bits per heavy atom. The highest BCUT2D eigenvalue weighted by Gasteiger charge is 2.09. The Morgan fingerprint density at radius 1 is 1.26 bits per heavy atom. The van der Waals surface area contributed by atoms with E-state index >= 15 is 0 Å². The number of halogens is 1. The van der Waals surface area contributed by atoms with Crippen LogP contribution in [0.15, 0.2) is 47.8 Å². The van der Waals surface area contributed by atoms with E-state index in [1.807, 2.05) is 30.5 Å². The number of nitro groups is 1. The molecular weight excluding hydrogens is 334 g/mol. The minimum absolute atomic E-state index is 0.0418. The van der Waals surface area contributed by atoms with Gasteiger partial charge in [0.2, 0.25) is 0 Å². The monoisotopic (exact) mass is 345 g/mol. The van der Waals surface area contributed by atoms with Crippen molar-refractivity contribution in [3.8, 4) is 11.3 Å². The minimum atomic E-state index is -0.422. The highest BCUT2D eigenvalue weighted by Crippen LogP contribution is 2.30. The maximum Gasteiger partial charge on any atom is 0.271 e. The van der Waals surface area contributed by atoms with Crippen LogP contribution in [0.5, 0.6) is 0 Å². The van der Waals surface area contributed by atoms with Gasteiger partial charge in [-0.05, 0) is 30.7 Å². The molecule has 0 saturated carbocycles. The number of hydrogen-bond donors (Lipinski definition) is 1. The zero-order valence-electron chi connectivity index (χ0n) is 12.1. The summed E-state index contributed by atoms with van der Waals surface area (Å²) in [5.41, 5.74) is 3.48. The fraction of sp³-hybridized carbons (Fsp3) is 0.0625. The van der Waals surface area contributed by atoms with E-state index in [9.17, 15) is 10.1 Å². The maximum atomic E-state index is 10.8. The predicted octanol–water partition coefficient (Wildman–Crippen LogP) is 5.42. The van der Waals surface area contributed by atoms with Gasteiger partial charge in [-0.1, -0.05) is 23.7 Å². The molecule has 5 nitrogen and oxygen atoms in total. The van der Waals surface area contributed by atoms with Crippen LogP contribution in [-0.2, 0) is 0 Å². The number of non-ortho nitro benzene ring substituents is 1. The molecule has 0 unspecified atom stereocenters. The van der Waals surface area contributed by atoms with Crippen molar-refractivity contribution in [1.29, 1.82) is 0 Å². The van der Waals surface area contributed by atoms with Crippen LogP contribution in [0.4, 0.5) is 16.5 Å². The molecule has 116 valence electrons. The second-order valence-corrected chi connectivity index (χ2v) is 6.20. The molecule has 0 aliphatic heterocycles. The van der Waals surface area contributed by atoms with E-state index in [0.29, 0.717) is 10.8 Å². The molecule has 0 aliphatic carbocycles. The summed E-state index contributed by atoms with van der Waals surface area (Å²) in [6.07, 6.45) is 0. The Kier molecular flexibility index (Phi) is 4.27. The van der Waals surface area contributed by atoms with Crippen LogP contribution in [0, 0.1) is 17.0 Å². The smallest absolute Gasteiger partial charge is 0.271 e. The van der Waals surface area contributed by atoms with Crippen LogP contribution >= 0.6 is 22.9 Å². The summed E-state index contributed by atoms with van der Waals surface area (Å²) in [4.78, 5) is 14.9.